The Morgan fingerprint density at radius 2 is 1.31 bits per heavy atom. The maximum absolute atomic E-state index is 13.8. The number of esters is 1. The van der Waals surface area contributed by atoms with Crippen LogP contribution >= 0.6 is 7.14 Å². The molecule has 148 valence electrons. The Labute approximate surface area is 169 Å². The number of ether oxygens (including phenoxy) is 2. The predicted molar refractivity (Wildman–Crippen MR) is 113 cm³/mol. The van der Waals surface area contributed by atoms with Gasteiger partial charge in [0, 0.05) is 16.2 Å². The number of methoxy groups -OCH3 is 1. The fraction of sp³-hybridized carbons (Fsp3) is 0.130. The Morgan fingerprint density at radius 3 is 1.79 bits per heavy atom. The Hall–Kier alpha value is -3.17. The van der Waals surface area contributed by atoms with Crippen LogP contribution in [0.15, 0.2) is 84.9 Å². The molecule has 0 aromatic heterocycles. The van der Waals surface area contributed by atoms with Crippen LogP contribution in [-0.4, -0.2) is 31.6 Å². The Kier molecular flexibility index (Phi) is 6.63. The first kappa shape index (κ1) is 20.6. The molecule has 3 rings (SSSR count). The van der Waals surface area contributed by atoms with E-state index in [2.05, 4.69) is 0 Å². The number of Topliss-reactive ketones (excluding diaryl/α,β-unsaturated/α-hetero) is 1. The molecule has 0 unspecified atom stereocenters. The third-order valence-corrected chi connectivity index (χ3v) is 7.44. The van der Waals surface area contributed by atoms with Gasteiger partial charge in [-0.2, -0.15) is 0 Å². The summed E-state index contributed by atoms with van der Waals surface area (Å²) in [6.07, 6.45) is -0.309. The van der Waals surface area contributed by atoms with Gasteiger partial charge < -0.3 is 14.0 Å². The molecule has 0 bridgehead atoms. The molecule has 29 heavy (non-hydrogen) atoms. The first-order valence-corrected chi connectivity index (χ1v) is 11.0. The van der Waals surface area contributed by atoms with Crippen molar-refractivity contribution in [2.45, 2.75) is 0 Å². The van der Waals surface area contributed by atoms with Gasteiger partial charge in [-0.1, -0.05) is 60.7 Å². The van der Waals surface area contributed by atoms with Crippen LogP contribution in [0.2, 0.25) is 0 Å². The van der Waals surface area contributed by atoms with Crippen molar-refractivity contribution in [3.05, 3.63) is 90.5 Å². The minimum absolute atomic E-state index is 0.309. The molecule has 0 radical (unpaired) electrons. The Balaban J connectivity index is 1.72. The smallest absolute Gasteiger partial charge is 0.314 e. The van der Waals surface area contributed by atoms with Gasteiger partial charge in [-0.3, -0.25) is 9.59 Å². The summed E-state index contributed by atoms with van der Waals surface area (Å²) in [5.74, 6) is -0.386. The van der Waals surface area contributed by atoms with Gasteiger partial charge in [0.25, 0.3) is 0 Å². The highest BCUT2D eigenvalue weighted by molar-refractivity contribution is 7.79. The summed E-state index contributed by atoms with van der Waals surface area (Å²) in [4.78, 5) is 24.7. The monoisotopic (exact) mass is 408 g/mol. The average Bonchev–Trinajstić information content (AvgIpc) is 2.78. The third-order valence-electron chi connectivity index (χ3n) is 4.47. The van der Waals surface area contributed by atoms with Crippen LogP contribution in [0.5, 0.6) is 5.75 Å². The lowest BCUT2D eigenvalue weighted by molar-refractivity contribution is -0.139. The molecule has 5 nitrogen and oxygen atoms in total. The normalized spacial score (nSPS) is 10.9. The quantitative estimate of drug-likeness (QED) is 0.325. The lowest BCUT2D eigenvalue weighted by atomic mass is 10.1. The first-order chi connectivity index (χ1) is 14.0. The molecule has 0 N–H and O–H groups in total. The maximum Gasteiger partial charge on any atom is 0.314 e. The molecule has 0 spiro atoms. The molecule has 0 aliphatic rings. The van der Waals surface area contributed by atoms with Crippen molar-refractivity contribution in [2.24, 2.45) is 0 Å². The van der Waals surface area contributed by atoms with Crippen molar-refractivity contribution in [3.63, 3.8) is 0 Å². The van der Waals surface area contributed by atoms with Crippen molar-refractivity contribution < 1.29 is 23.6 Å². The summed E-state index contributed by atoms with van der Waals surface area (Å²) >= 11 is 0. The Morgan fingerprint density at radius 1 is 0.793 bits per heavy atom. The zero-order chi connectivity index (χ0) is 20.7. The summed E-state index contributed by atoms with van der Waals surface area (Å²) in [6, 6.07) is 24.3. The second kappa shape index (κ2) is 9.35. The van der Waals surface area contributed by atoms with E-state index in [1.165, 1.54) is 7.11 Å². The van der Waals surface area contributed by atoms with E-state index in [4.69, 9.17) is 9.47 Å². The fourth-order valence-electron chi connectivity index (χ4n) is 2.90. The topological polar surface area (TPSA) is 69.7 Å². The second-order valence-electron chi connectivity index (χ2n) is 6.38. The number of ketones is 1. The first-order valence-electron chi connectivity index (χ1n) is 9.06. The number of rotatable bonds is 8. The van der Waals surface area contributed by atoms with E-state index in [1.54, 1.807) is 72.8 Å². The van der Waals surface area contributed by atoms with E-state index < -0.39 is 19.7 Å². The van der Waals surface area contributed by atoms with Crippen LogP contribution < -0.4 is 15.3 Å². The maximum atomic E-state index is 13.8. The van der Waals surface area contributed by atoms with Gasteiger partial charge in [-0.05, 0) is 24.3 Å². The second-order valence-corrected chi connectivity index (χ2v) is 9.21. The molecule has 0 aliphatic carbocycles. The summed E-state index contributed by atoms with van der Waals surface area (Å²) in [5, 5.41) is 1.15. The Bertz CT molecular complexity index is 971. The molecule has 0 fully saturated rings. The summed E-state index contributed by atoms with van der Waals surface area (Å²) < 4.78 is 24.0. The van der Waals surface area contributed by atoms with Crippen molar-refractivity contribution in [2.75, 3.05) is 19.9 Å². The lowest BCUT2D eigenvalue weighted by Gasteiger charge is -2.18. The molecule has 6 heteroatoms. The zero-order valence-electron chi connectivity index (χ0n) is 16.0. The van der Waals surface area contributed by atoms with E-state index in [1.807, 2.05) is 12.1 Å². The van der Waals surface area contributed by atoms with Crippen molar-refractivity contribution >= 4 is 29.5 Å². The van der Waals surface area contributed by atoms with Crippen LogP contribution in [-0.2, 0) is 14.1 Å². The van der Waals surface area contributed by atoms with Crippen LogP contribution in [0.3, 0.4) is 0 Å². The standard InChI is InChI=1S/C23H21O5P/c1-27-19-14-12-18(13-15-19)22(24)16-28-23(25)17-29(26,20-8-4-2-5-9-20)21-10-6-3-7-11-21/h2-15H,16-17H2,1H3. The molecule has 0 saturated carbocycles. The number of hydrogen-bond acceptors (Lipinski definition) is 5. The van der Waals surface area contributed by atoms with E-state index in [0.29, 0.717) is 21.9 Å². The van der Waals surface area contributed by atoms with Gasteiger partial charge in [-0.25, -0.2) is 0 Å². The number of carbonyl (C=O) groups excluding carboxylic acids is 2. The molecule has 0 aliphatic heterocycles. The van der Waals surface area contributed by atoms with E-state index >= 15 is 0 Å². The highest BCUT2D eigenvalue weighted by Gasteiger charge is 2.31. The minimum atomic E-state index is -3.23. The predicted octanol–water partition coefficient (Wildman–Crippen LogP) is 3.44. The molecular formula is C23H21O5P. The van der Waals surface area contributed by atoms with Crippen molar-refractivity contribution in [3.8, 4) is 5.75 Å². The summed E-state index contributed by atoms with van der Waals surface area (Å²) in [6.45, 7) is -0.408. The van der Waals surface area contributed by atoms with Gasteiger partial charge in [0.2, 0.25) is 0 Å². The lowest BCUT2D eigenvalue weighted by Crippen LogP contribution is -2.25. The van der Waals surface area contributed by atoms with Crippen LogP contribution in [0.25, 0.3) is 0 Å². The van der Waals surface area contributed by atoms with Crippen LogP contribution in [0.4, 0.5) is 0 Å². The number of carbonyl (C=O) groups is 2. The van der Waals surface area contributed by atoms with Gasteiger partial charge in [0.05, 0.1) is 7.11 Å². The fourth-order valence-corrected chi connectivity index (χ4v) is 5.33. The van der Waals surface area contributed by atoms with E-state index in [-0.39, 0.29) is 11.9 Å². The van der Waals surface area contributed by atoms with Crippen molar-refractivity contribution in [1.82, 2.24) is 0 Å². The minimum Gasteiger partial charge on any atom is -0.497 e. The van der Waals surface area contributed by atoms with Crippen LogP contribution in [0, 0.1) is 0 Å². The highest BCUT2D eigenvalue weighted by Crippen LogP contribution is 2.43. The van der Waals surface area contributed by atoms with E-state index in [0.717, 1.165) is 0 Å². The SMILES string of the molecule is COc1ccc(C(=O)COC(=O)CP(=O)(c2ccccc2)c2ccccc2)cc1. The largest absolute Gasteiger partial charge is 0.497 e. The highest BCUT2D eigenvalue weighted by atomic mass is 31.2. The molecule has 3 aromatic rings. The number of benzene rings is 3. The molecule has 0 amide bonds. The average molecular weight is 408 g/mol. The van der Waals surface area contributed by atoms with E-state index in [9.17, 15) is 14.2 Å². The number of hydrogen-bond donors (Lipinski definition) is 0. The summed E-state index contributed by atoms with van der Waals surface area (Å²) in [7, 11) is -1.69. The molecule has 0 saturated heterocycles. The molecular weight excluding hydrogens is 387 g/mol. The molecule has 0 heterocycles. The molecule has 0 atom stereocenters. The van der Waals surface area contributed by atoms with Gasteiger partial charge in [0.1, 0.15) is 11.9 Å². The van der Waals surface area contributed by atoms with Gasteiger partial charge in [0.15, 0.2) is 19.5 Å². The third kappa shape index (κ3) is 5.01. The summed E-state index contributed by atoms with van der Waals surface area (Å²) in [5.41, 5.74) is 0.410. The van der Waals surface area contributed by atoms with Gasteiger partial charge in [-0.15, -0.1) is 0 Å². The molecule has 3 aromatic carbocycles. The van der Waals surface area contributed by atoms with Crippen LogP contribution in [0.1, 0.15) is 10.4 Å². The zero-order valence-corrected chi connectivity index (χ0v) is 16.9. The van der Waals surface area contributed by atoms with Gasteiger partial charge >= 0.3 is 5.97 Å². The van der Waals surface area contributed by atoms with Crippen molar-refractivity contribution in [1.29, 1.82) is 0 Å².